The van der Waals surface area contributed by atoms with Crippen LogP contribution in [-0.2, 0) is 15.0 Å². The zero-order valence-corrected chi connectivity index (χ0v) is 13.3. The van der Waals surface area contributed by atoms with E-state index in [1.807, 2.05) is 20.8 Å². The van der Waals surface area contributed by atoms with Gasteiger partial charge < -0.3 is 10.6 Å². The number of nitrogens with two attached hydrogens (primary N) is 1. The molecule has 21 heavy (non-hydrogen) atoms. The largest absolute Gasteiger partial charge is 0.326 e. The Morgan fingerprint density at radius 1 is 1.24 bits per heavy atom. The molecule has 0 spiro atoms. The first-order valence-corrected chi connectivity index (χ1v) is 8.05. The fourth-order valence-electron chi connectivity index (χ4n) is 1.60. The Balaban J connectivity index is 2.55. The number of carbonyl (C=O) groups excluding carboxylic acids is 1. The van der Waals surface area contributed by atoms with Crippen molar-refractivity contribution in [3.63, 3.8) is 0 Å². The molecule has 1 rings (SSSR count). The number of amides is 1. The van der Waals surface area contributed by atoms with Gasteiger partial charge in [-0.25, -0.2) is 5.14 Å². The van der Waals surface area contributed by atoms with Crippen molar-refractivity contribution in [1.29, 1.82) is 0 Å². The Kier molecular flexibility index (Phi) is 5.70. The molecular weight excluding hydrogens is 292 g/mol. The molecule has 1 aromatic carbocycles. The normalized spacial score (nSPS) is 12.0. The van der Waals surface area contributed by atoms with Gasteiger partial charge in [-0.1, -0.05) is 6.07 Å². The van der Waals surface area contributed by atoms with Gasteiger partial charge in [-0.15, -0.1) is 0 Å². The third-order valence-electron chi connectivity index (χ3n) is 2.41. The van der Waals surface area contributed by atoms with Gasteiger partial charge in [0.2, 0.25) is 5.91 Å². The highest BCUT2D eigenvalue weighted by atomic mass is 32.2. The monoisotopic (exact) mass is 314 g/mol. The van der Waals surface area contributed by atoms with E-state index in [0.29, 0.717) is 24.3 Å². The fraction of sp³-hybridized carbons (Fsp3) is 0.462. The molecule has 0 unspecified atom stereocenters. The summed E-state index contributed by atoms with van der Waals surface area (Å²) >= 11 is 0. The predicted octanol–water partition coefficient (Wildman–Crippen LogP) is 1.02. The Hall–Kier alpha value is -1.64. The molecule has 0 saturated carbocycles. The number of carbonyl (C=O) groups is 1. The molecule has 5 N–H and O–H groups in total. The SMILES string of the molecule is CC(C)(C)NCCC(=O)Nc1cccc(NS(N)(=O)=O)c1. The molecule has 0 fully saturated rings. The lowest BCUT2D eigenvalue weighted by Crippen LogP contribution is -2.37. The molecule has 0 aromatic heterocycles. The summed E-state index contributed by atoms with van der Waals surface area (Å²) in [4.78, 5) is 11.8. The fourth-order valence-corrected chi connectivity index (χ4v) is 2.05. The molecule has 0 saturated heterocycles. The first-order chi connectivity index (χ1) is 9.55. The van der Waals surface area contributed by atoms with Gasteiger partial charge in [0.25, 0.3) is 10.2 Å². The maximum atomic E-state index is 11.8. The number of anilines is 2. The van der Waals surface area contributed by atoms with Crippen LogP contribution in [0.3, 0.4) is 0 Å². The van der Waals surface area contributed by atoms with Gasteiger partial charge in [0.1, 0.15) is 0 Å². The summed E-state index contributed by atoms with van der Waals surface area (Å²) in [6, 6.07) is 6.33. The molecule has 118 valence electrons. The molecule has 1 aromatic rings. The zero-order valence-electron chi connectivity index (χ0n) is 12.4. The van der Waals surface area contributed by atoms with Crippen molar-refractivity contribution in [2.24, 2.45) is 5.14 Å². The topological polar surface area (TPSA) is 113 Å². The predicted molar refractivity (Wildman–Crippen MR) is 84.2 cm³/mol. The molecule has 0 aliphatic carbocycles. The molecule has 1 amide bonds. The highest BCUT2D eigenvalue weighted by Crippen LogP contribution is 2.15. The van der Waals surface area contributed by atoms with Crippen LogP contribution in [0.2, 0.25) is 0 Å². The Labute approximate surface area is 125 Å². The number of hydrogen-bond donors (Lipinski definition) is 4. The summed E-state index contributed by atoms with van der Waals surface area (Å²) in [5.41, 5.74) is 0.757. The van der Waals surface area contributed by atoms with Crippen LogP contribution in [-0.4, -0.2) is 26.4 Å². The lowest BCUT2D eigenvalue weighted by atomic mass is 10.1. The lowest BCUT2D eigenvalue weighted by molar-refractivity contribution is -0.116. The van der Waals surface area contributed by atoms with Gasteiger partial charge in [0.05, 0.1) is 5.69 Å². The highest BCUT2D eigenvalue weighted by molar-refractivity contribution is 7.90. The van der Waals surface area contributed by atoms with Crippen LogP contribution < -0.4 is 20.5 Å². The van der Waals surface area contributed by atoms with Crippen molar-refractivity contribution in [2.75, 3.05) is 16.6 Å². The summed E-state index contributed by atoms with van der Waals surface area (Å²) in [5.74, 6) is -0.153. The van der Waals surface area contributed by atoms with Crippen LogP contribution in [0.25, 0.3) is 0 Å². The van der Waals surface area contributed by atoms with E-state index in [0.717, 1.165) is 0 Å². The molecule has 0 heterocycles. The van der Waals surface area contributed by atoms with E-state index in [1.54, 1.807) is 18.2 Å². The standard InChI is InChI=1S/C13H22N4O3S/c1-13(2,3)15-8-7-12(18)16-10-5-4-6-11(9-10)17-21(14,19)20/h4-6,9,15,17H,7-8H2,1-3H3,(H,16,18)(H2,14,19,20). The average Bonchev–Trinajstić information content (AvgIpc) is 2.24. The van der Waals surface area contributed by atoms with Crippen LogP contribution in [0.4, 0.5) is 11.4 Å². The van der Waals surface area contributed by atoms with Crippen molar-refractivity contribution < 1.29 is 13.2 Å². The van der Waals surface area contributed by atoms with E-state index in [-0.39, 0.29) is 11.4 Å². The van der Waals surface area contributed by atoms with Gasteiger partial charge in [0, 0.05) is 24.2 Å². The van der Waals surface area contributed by atoms with E-state index in [4.69, 9.17) is 5.14 Å². The van der Waals surface area contributed by atoms with E-state index in [9.17, 15) is 13.2 Å². The maximum Gasteiger partial charge on any atom is 0.296 e. The Morgan fingerprint density at radius 2 is 1.86 bits per heavy atom. The van der Waals surface area contributed by atoms with Gasteiger partial charge in [-0.3, -0.25) is 9.52 Å². The highest BCUT2D eigenvalue weighted by Gasteiger charge is 2.10. The van der Waals surface area contributed by atoms with Gasteiger partial charge in [-0.2, -0.15) is 8.42 Å². The second kappa shape index (κ2) is 6.88. The van der Waals surface area contributed by atoms with Crippen molar-refractivity contribution in [2.45, 2.75) is 32.7 Å². The zero-order chi connectivity index (χ0) is 16.1. The minimum absolute atomic E-state index is 0.0421. The molecule has 8 heteroatoms. The van der Waals surface area contributed by atoms with Gasteiger partial charge in [0.15, 0.2) is 0 Å². The lowest BCUT2D eigenvalue weighted by Gasteiger charge is -2.20. The first-order valence-electron chi connectivity index (χ1n) is 6.51. The first kappa shape index (κ1) is 17.4. The van der Waals surface area contributed by atoms with Crippen molar-refractivity contribution >= 4 is 27.5 Å². The third kappa shape index (κ3) is 8.28. The second-order valence-electron chi connectivity index (χ2n) is 5.70. The smallest absolute Gasteiger partial charge is 0.296 e. The van der Waals surface area contributed by atoms with E-state index in [2.05, 4.69) is 15.4 Å². The number of benzene rings is 1. The molecular formula is C13H22N4O3S. The number of nitrogens with one attached hydrogen (secondary N) is 3. The Morgan fingerprint density at radius 3 is 2.43 bits per heavy atom. The third-order valence-corrected chi connectivity index (χ3v) is 2.93. The van der Waals surface area contributed by atoms with Crippen molar-refractivity contribution in [1.82, 2.24) is 5.32 Å². The van der Waals surface area contributed by atoms with Crippen LogP contribution in [0, 0.1) is 0 Å². The number of hydrogen-bond acceptors (Lipinski definition) is 4. The molecule has 7 nitrogen and oxygen atoms in total. The molecule has 0 bridgehead atoms. The summed E-state index contributed by atoms with van der Waals surface area (Å²) in [6.07, 6.45) is 0.324. The summed E-state index contributed by atoms with van der Waals surface area (Å²) < 4.78 is 24.0. The van der Waals surface area contributed by atoms with E-state index in [1.165, 1.54) is 6.07 Å². The maximum absolute atomic E-state index is 11.8. The quantitative estimate of drug-likeness (QED) is 0.627. The Bertz CT molecular complexity index is 594. The second-order valence-corrected chi connectivity index (χ2v) is 7.00. The molecule has 0 aliphatic rings. The molecule has 0 radical (unpaired) electrons. The van der Waals surface area contributed by atoms with Crippen LogP contribution in [0.15, 0.2) is 24.3 Å². The van der Waals surface area contributed by atoms with Crippen LogP contribution >= 0.6 is 0 Å². The van der Waals surface area contributed by atoms with Crippen LogP contribution in [0.5, 0.6) is 0 Å². The van der Waals surface area contributed by atoms with Gasteiger partial charge in [-0.05, 0) is 39.0 Å². The molecule has 0 aliphatic heterocycles. The number of rotatable bonds is 6. The van der Waals surface area contributed by atoms with Crippen LogP contribution in [0.1, 0.15) is 27.2 Å². The summed E-state index contributed by atoms with van der Waals surface area (Å²) in [6.45, 7) is 6.62. The summed E-state index contributed by atoms with van der Waals surface area (Å²) in [7, 11) is -3.83. The minimum atomic E-state index is -3.83. The van der Waals surface area contributed by atoms with E-state index >= 15 is 0 Å². The average molecular weight is 314 g/mol. The van der Waals surface area contributed by atoms with E-state index < -0.39 is 10.2 Å². The van der Waals surface area contributed by atoms with Crippen molar-refractivity contribution in [3.05, 3.63) is 24.3 Å². The van der Waals surface area contributed by atoms with Crippen molar-refractivity contribution in [3.8, 4) is 0 Å². The summed E-state index contributed by atoms with van der Waals surface area (Å²) in [5, 5.41) is 10.8. The van der Waals surface area contributed by atoms with Gasteiger partial charge >= 0.3 is 0 Å². The molecule has 0 atom stereocenters. The minimum Gasteiger partial charge on any atom is -0.326 e.